The predicted octanol–water partition coefficient (Wildman–Crippen LogP) is 2.95. The number of rotatable bonds is 2. The molecule has 124 valence electrons. The molecule has 3 heterocycles. The zero-order valence-corrected chi connectivity index (χ0v) is 13.2. The summed E-state index contributed by atoms with van der Waals surface area (Å²) in [5.74, 6) is -0.341. The van der Waals surface area contributed by atoms with E-state index in [0.29, 0.717) is 18.8 Å². The van der Waals surface area contributed by atoms with Crippen molar-refractivity contribution in [1.82, 2.24) is 9.88 Å². The first-order valence-electron chi connectivity index (χ1n) is 8.06. The summed E-state index contributed by atoms with van der Waals surface area (Å²) in [6, 6.07) is 8.56. The maximum absolute atomic E-state index is 13.8. The molecule has 2 aliphatic rings. The van der Waals surface area contributed by atoms with Crippen LogP contribution in [0.3, 0.4) is 0 Å². The quantitative estimate of drug-likeness (QED) is 0.851. The lowest BCUT2D eigenvalue weighted by atomic mass is 10.0. The summed E-state index contributed by atoms with van der Waals surface area (Å²) in [7, 11) is 0. The van der Waals surface area contributed by atoms with E-state index in [2.05, 4.69) is 9.88 Å². The van der Waals surface area contributed by atoms with Crippen LogP contribution in [-0.2, 0) is 17.8 Å². The molecule has 1 aromatic heterocycles. The Morgan fingerprint density at radius 3 is 3.08 bits per heavy atom. The Kier molecular flexibility index (Phi) is 3.90. The van der Waals surface area contributed by atoms with Crippen molar-refractivity contribution >= 4 is 11.8 Å². The number of carbonyl (C=O) groups is 1. The van der Waals surface area contributed by atoms with Gasteiger partial charge in [0.1, 0.15) is 12.4 Å². The van der Waals surface area contributed by atoms with Crippen LogP contribution >= 0.6 is 0 Å². The van der Waals surface area contributed by atoms with Crippen LogP contribution in [0, 0.1) is 5.82 Å². The molecule has 2 aliphatic heterocycles. The van der Waals surface area contributed by atoms with Crippen molar-refractivity contribution in [3.05, 3.63) is 59.7 Å². The molecule has 1 amide bonds. The van der Waals surface area contributed by atoms with E-state index in [1.54, 1.807) is 17.2 Å². The molecule has 0 radical (unpaired) electrons. The van der Waals surface area contributed by atoms with Crippen molar-refractivity contribution in [3.8, 4) is 0 Å². The number of halogens is 1. The van der Waals surface area contributed by atoms with Crippen LogP contribution in [-0.4, -0.2) is 35.2 Å². The predicted molar refractivity (Wildman–Crippen MR) is 87.0 cm³/mol. The van der Waals surface area contributed by atoms with Gasteiger partial charge in [0.15, 0.2) is 0 Å². The van der Waals surface area contributed by atoms with Crippen LogP contribution in [0.1, 0.15) is 17.5 Å². The molecule has 0 spiro atoms. The normalized spacial score (nSPS) is 20.8. The van der Waals surface area contributed by atoms with Crippen LogP contribution in [0.4, 0.5) is 14.9 Å². The fourth-order valence-electron chi connectivity index (χ4n) is 3.40. The second-order valence-corrected chi connectivity index (χ2v) is 6.23. The van der Waals surface area contributed by atoms with Gasteiger partial charge in [-0.1, -0.05) is 12.1 Å². The maximum Gasteiger partial charge on any atom is 0.414 e. The number of pyridine rings is 1. The number of fused-ring (bicyclic) bond motifs is 3. The summed E-state index contributed by atoms with van der Waals surface area (Å²) in [5, 5.41) is 0. The Hall–Kier alpha value is -2.47. The molecule has 24 heavy (non-hydrogen) atoms. The molecule has 4 rings (SSSR count). The van der Waals surface area contributed by atoms with Gasteiger partial charge in [0.2, 0.25) is 0 Å². The van der Waals surface area contributed by atoms with Crippen molar-refractivity contribution in [2.45, 2.75) is 25.6 Å². The highest BCUT2D eigenvalue weighted by Crippen LogP contribution is 2.32. The molecule has 1 aromatic carbocycles. The van der Waals surface area contributed by atoms with Crippen LogP contribution in [0.2, 0.25) is 0 Å². The SMILES string of the molecule is O=C1OCC2CCN(Cc3cccnc3)Cc3ccc(F)cc3N12. The molecule has 1 unspecified atom stereocenters. The minimum absolute atomic E-state index is 0.0465. The minimum atomic E-state index is -0.382. The van der Waals surface area contributed by atoms with E-state index in [4.69, 9.17) is 4.74 Å². The number of anilines is 1. The summed E-state index contributed by atoms with van der Waals surface area (Å²) in [4.78, 5) is 20.2. The zero-order valence-electron chi connectivity index (χ0n) is 13.2. The van der Waals surface area contributed by atoms with Gasteiger partial charge in [-0.15, -0.1) is 0 Å². The average molecular weight is 327 g/mol. The van der Waals surface area contributed by atoms with E-state index in [-0.39, 0.29) is 18.0 Å². The number of aromatic nitrogens is 1. The summed E-state index contributed by atoms with van der Waals surface area (Å²) in [5.41, 5.74) is 2.69. The van der Waals surface area contributed by atoms with Crippen molar-refractivity contribution in [2.75, 3.05) is 18.1 Å². The molecule has 0 bridgehead atoms. The molecule has 1 fully saturated rings. The molecular formula is C18H18FN3O2. The Morgan fingerprint density at radius 1 is 1.33 bits per heavy atom. The Balaban J connectivity index is 1.66. The smallest absolute Gasteiger partial charge is 0.414 e. The summed E-state index contributed by atoms with van der Waals surface area (Å²) >= 11 is 0. The molecule has 0 N–H and O–H groups in total. The molecule has 2 aromatic rings. The van der Waals surface area contributed by atoms with Crippen LogP contribution in [0.25, 0.3) is 0 Å². The van der Waals surface area contributed by atoms with Gasteiger partial charge in [-0.05, 0) is 35.7 Å². The molecular weight excluding hydrogens is 309 g/mol. The lowest BCUT2D eigenvalue weighted by Gasteiger charge is -2.32. The number of cyclic esters (lactones) is 1. The second kappa shape index (κ2) is 6.20. The highest BCUT2D eigenvalue weighted by atomic mass is 19.1. The Labute approximate surface area is 139 Å². The third-order valence-corrected chi connectivity index (χ3v) is 4.57. The van der Waals surface area contributed by atoms with Gasteiger partial charge in [-0.25, -0.2) is 9.18 Å². The summed E-state index contributed by atoms with van der Waals surface area (Å²) < 4.78 is 19.0. The number of hydrogen-bond acceptors (Lipinski definition) is 4. The van der Waals surface area contributed by atoms with E-state index in [0.717, 1.165) is 30.6 Å². The van der Waals surface area contributed by atoms with Gasteiger partial charge in [-0.2, -0.15) is 0 Å². The first-order valence-corrected chi connectivity index (χ1v) is 8.06. The van der Waals surface area contributed by atoms with E-state index in [9.17, 15) is 9.18 Å². The standard InChI is InChI=1S/C18H18FN3O2/c19-15-4-3-14-11-21(10-13-2-1-6-20-9-13)7-5-16-12-24-18(23)22(16)17(14)8-15/h1-4,6,8-9,16H,5,7,10-12H2. The number of nitrogens with zero attached hydrogens (tertiary/aromatic N) is 3. The van der Waals surface area contributed by atoms with Crippen molar-refractivity contribution < 1.29 is 13.9 Å². The van der Waals surface area contributed by atoms with E-state index in [1.807, 2.05) is 18.3 Å². The van der Waals surface area contributed by atoms with Gasteiger partial charge in [0, 0.05) is 32.0 Å². The van der Waals surface area contributed by atoms with E-state index in [1.165, 1.54) is 12.1 Å². The molecule has 0 aliphatic carbocycles. The maximum atomic E-state index is 13.8. The third kappa shape index (κ3) is 2.85. The van der Waals surface area contributed by atoms with Gasteiger partial charge >= 0.3 is 6.09 Å². The van der Waals surface area contributed by atoms with E-state index >= 15 is 0 Å². The molecule has 5 nitrogen and oxygen atoms in total. The number of ether oxygens (including phenoxy) is 1. The van der Waals surface area contributed by atoms with Crippen LogP contribution in [0.5, 0.6) is 0 Å². The highest BCUT2D eigenvalue weighted by molar-refractivity contribution is 5.91. The molecule has 0 saturated carbocycles. The Bertz CT molecular complexity index is 753. The van der Waals surface area contributed by atoms with Gasteiger partial charge in [0.05, 0.1) is 11.7 Å². The highest BCUT2D eigenvalue weighted by Gasteiger charge is 2.37. The summed E-state index contributed by atoms with van der Waals surface area (Å²) in [6.07, 6.45) is 4.03. The molecule has 1 saturated heterocycles. The second-order valence-electron chi connectivity index (χ2n) is 6.23. The minimum Gasteiger partial charge on any atom is -0.447 e. The molecule has 1 atom stereocenters. The van der Waals surface area contributed by atoms with Gasteiger partial charge in [0.25, 0.3) is 0 Å². The largest absolute Gasteiger partial charge is 0.447 e. The van der Waals surface area contributed by atoms with Crippen molar-refractivity contribution in [3.63, 3.8) is 0 Å². The lowest BCUT2D eigenvalue weighted by molar-refractivity contribution is 0.177. The summed E-state index contributed by atoms with van der Waals surface area (Å²) in [6.45, 7) is 2.62. The number of benzene rings is 1. The van der Waals surface area contributed by atoms with Gasteiger partial charge in [-0.3, -0.25) is 14.8 Å². The van der Waals surface area contributed by atoms with Crippen LogP contribution < -0.4 is 4.90 Å². The van der Waals surface area contributed by atoms with Crippen molar-refractivity contribution in [2.24, 2.45) is 0 Å². The first kappa shape index (κ1) is 15.1. The number of amides is 1. The topological polar surface area (TPSA) is 45.7 Å². The number of hydrogen-bond donors (Lipinski definition) is 0. The fraction of sp³-hybridized carbons (Fsp3) is 0.333. The zero-order chi connectivity index (χ0) is 16.5. The lowest BCUT2D eigenvalue weighted by Crippen LogP contribution is -2.40. The Morgan fingerprint density at radius 2 is 2.25 bits per heavy atom. The van der Waals surface area contributed by atoms with Crippen LogP contribution in [0.15, 0.2) is 42.7 Å². The number of carbonyl (C=O) groups excluding carboxylic acids is 1. The first-order chi connectivity index (χ1) is 11.7. The monoisotopic (exact) mass is 327 g/mol. The van der Waals surface area contributed by atoms with E-state index < -0.39 is 0 Å². The van der Waals surface area contributed by atoms with Gasteiger partial charge < -0.3 is 4.74 Å². The van der Waals surface area contributed by atoms with Crippen molar-refractivity contribution in [1.29, 1.82) is 0 Å². The average Bonchev–Trinajstić information content (AvgIpc) is 2.94. The third-order valence-electron chi connectivity index (χ3n) is 4.57. The molecule has 6 heteroatoms. The fourth-order valence-corrected chi connectivity index (χ4v) is 3.40.